The average Bonchev–Trinajstić information content (AvgIpc) is 3.00. The van der Waals surface area contributed by atoms with Crippen LogP contribution in [0.4, 0.5) is 0 Å². The molecule has 2 aromatic rings. The molecule has 1 N–H and O–H groups in total. The maximum absolute atomic E-state index is 12.0. The van der Waals surface area contributed by atoms with Crippen molar-refractivity contribution in [3.05, 3.63) is 58.5 Å². The van der Waals surface area contributed by atoms with Gasteiger partial charge in [-0.2, -0.15) is 0 Å². The van der Waals surface area contributed by atoms with Gasteiger partial charge in [-0.1, -0.05) is 15.9 Å². The summed E-state index contributed by atoms with van der Waals surface area (Å²) in [5.41, 5.74) is 0.569. The Kier molecular flexibility index (Phi) is 5.77. The number of halogens is 1. The number of carbonyl (C=O) groups excluding carboxylic acids is 2. The fourth-order valence-electron chi connectivity index (χ4n) is 1.90. The lowest BCUT2D eigenvalue weighted by atomic mass is 10.2. The Hall–Kier alpha value is -2.08. The predicted molar refractivity (Wildman–Crippen MR) is 86.3 cm³/mol. The zero-order valence-electron chi connectivity index (χ0n) is 12.2. The molecule has 0 radical (unpaired) electrons. The summed E-state index contributed by atoms with van der Waals surface area (Å²) in [6.45, 7) is 0.725. The van der Waals surface area contributed by atoms with E-state index in [4.69, 9.17) is 4.42 Å². The van der Waals surface area contributed by atoms with Crippen LogP contribution in [0.5, 0.6) is 0 Å². The molecule has 0 atom stereocenters. The summed E-state index contributed by atoms with van der Waals surface area (Å²) in [7, 11) is 1.71. The minimum atomic E-state index is -0.186. The van der Waals surface area contributed by atoms with Crippen LogP contribution in [-0.4, -0.2) is 30.3 Å². The third-order valence-corrected chi connectivity index (χ3v) is 3.66. The fourth-order valence-corrected chi connectivity index (χ4v) is 2.17. The van der Waals surface area contributed by atoms with Gasteiger partial charge in [0, 0.05) is 30.0 Å². The van der Waals surface area contributed by atoms with Crippen molar-refractivity contribution in [1.82, 2.24) is 10.2 Å². The number of rotatable bonds is 6. The second-order valence-electron chi connectivity index (χ2n) is 4.84. The van der Waals surface area contributed by atoms with Crippen LogP contribution in [0.3, 0.4) is 0 Å². The van der Waals surface area contributed by atoms with E-state index in [2.05, 4.69) is 21.2 Å². The summed E-state index contributed by atoms with van der Waals surface area (Å²) < 4.78 is 6.11. The molecule has 0 spiro atoms. The fraction of sp³-hybridized carbons (Fsp3) is 0.250. The Morgan fingerprint density at radius 2 is 1.95 bits per heavy atom. The van der Waals surface area contributed by atoms with Crippen molar-refractivity contribution in [3.8, 4) is 0 Å². The van der Waals surface area contributed by atoms with Gasteiger partial charge >= 0.3 is 0 Å². The number of carbonyl (C=O) groups is 2. The molecule has 0 aliphatic rings. The van der Waals surface area contributed by atoms with Gasteiger partial charge in [-0.25, -0.2) is 0 Å². The lowest BCUT2D eigenvalue weighted by Crippen LogP contribution is -2.31. The van der Waals surface area contributed by atoms with Gasteiger partial charge in [0.2, 0.25) is 5.91 Å². The Labute approximate surface area is 137 Å². The van der Waals surface area contributed by atoms with Crippen molar-refractivity contribution >= 4 is 27.7 Å². The van der Waals surface area contributed by atoms with Crippen LogP contribution < -0.4 is 5.32 Å². The molecule has 116 valence electrons. The van der Waals surface area contributed by atoms with Crippen molar-refractivity contribution in [2.24, 2.45) is 0 Å². The summed E-state index contributed by atoms with van der Waals surface area (Å²) in [4.78, 5) is 25.4. The standard InChI is InChI=1S/C16H17BrN2O3/c1-19(11-14-3-2-10-22-14)15(20)8-9-18-16(21)12-4-6-13(17)7-5-12/h2-7,10H,8-9,11H2,1H3,(H,18,21). The Morgan fingerprint density at radius 3 is 2.59 bits per heavy atom. The van der Waals surface area contributed by atoms with Crippen molar-refractivity contribution in [3.63, 3.8) is 0 Å². The molecule has 5 nitrogen and oxygen atoms in total. The first-order chi connectivity index (χ1) is 10.6. The van der Waals surface area contributed by atoms with Gasteiger partial charge in [0.1, 0.15) is 5.76 Å². The number of benzene rings is 1. The van der Waals surface area contributed by atoms with Crippen LogP contribution in [0.25, 0.3) is 0 Å². The zero-order chi connectivity index (χ0) is 15.9. The van der Waals surface area contributed by atoms with Crippen LogP contribution in [0.1, 0.15) is 22.5 Å². The third-order valence-electron chi connectivity index (χ3n) is 3.13. The van der Waals surface area contributed by atoms with Crippen LogP contribution in [-0.2, 0) is 11.3 Å². The zero-order valence-corrected chi connectivity index (χ0v) is 13.8. The van der Waals surface area contributed by atoms with Crippen molar-refractivity contribution < 1.29 is 14.0 Å². The number of hydrogen-bond acceptors (Lipinski definition) is 3. The third kappa shape index (κ3) is 4.73. The van der Waals surface area contributed by atoms with Crippen LogP contribution in [0.2, 0.25) is 0 Å². The highest BCUT2D eigenvalue weighted by molar-refractivity contribution is 9.10. The van der Waals surface area contributed by atoms with E-state index in [0.717, 1.165) is 10.2 Å². The normalized spacial score (nSPS) is 10.3. The molecule has 0 aliphatic heterocycles. The van der Waals surface area contributed by atoms with Crippen molar-refractivity contribution in [2.45, 2.75) is 13.0 Å². The molecule has 2 rings (SSSR count). The summed E-state index contributed by atoms with van der Waals surface area (Å²) in [5.74, 6) is 0.497. The minimum Gasteiger partial charge on any atom is -0.467 e. The number of amides is 2. The molecule has 0 unspecified atom stereocenters. The molecule has 0 saturated heterocycles. The SMILES string of the molecule is CN(Cc1ccco1)C(=O)CCNC(=O)c1ccc(Br)cc1. The van der Waals surface area contributed by atoms with Gasteiger partial charge in [-0.3, -0.25) is 9.59 Å². The summed E-state index contributed by atoms with van der Waals surface area (Å²) >= 11 is 3.32. The lowest BCUT2D eigenvalue weighted by Gasteiger charge is -2.15. The Bertz CT molecular complexity index is 623. The number of furan rings is 1. The largest absolute Gasteiger partial charge is 0.467 e. The van der Waals surface area contributed by atoms with E-state index in [0.29, 0.717) is 18.7 Å². The monoisotopic (exact) mass is 364 g/mol. The Morgan fingerprint density at radius 1 is 1.23 bits per heavy atom. The molecule has 1 aromatic heterocycles. The van der Waals surface area contributed by atoms with Crippen LogP contribution in [0, 0.1) is 0 Å². The smallest absolute Gasteiger partial charge is 0.251 e. The predicted octanol–water partition coefficient (Wildman–Crippen LogP) is 2.82. The van der Waals surface area contributed by atoms with Gasteiger partial charge in [0.05, 0.1) is 12.8 Å². The van der Waals surface area contributed by atoms with Gasteiger partial charge in [0.15, 0.2) is 0 Å². The van der Waals surface area contributed by atoms with Gasteiger partial charge in [0.25, 0.3) is 5.91 Å². The van der Waals surface area contributed by atoms with Crippen LogP contribution in [0.15, 0.2) is 51.6 Å². The maximum Gasteiger partial charge on any atom is 0.251 e. The first-order valence-electron chi connectivity index (χ1n) is 6.86. The summed E-state index contributed by atoms with van der Waals surface area (Å²) in [6.07, 6.45) is 1.82. The molecule has 0 bridgehead atoms. The molecule has 6 heteroatoms. The van der Waals surface area contributed by atoms with Crippen LogP contribution >= 0.6 is 15.9 Å². The molecule has 22 heavy (non-hydrogen) atoms. The lowest BCUT2D eigenvalue weighted by molar-refractivity contribution is -0.130. The molecule has 0 fully saturated rings. The van der Waals surface area contributed by atoms with Gasteiger partial charge < -0.3 is 14.6 Å². The maximum atomic E-state index is 12.0. The molecule has 2 amide bonds. The van der Waals surface area contributed by atoms with E-state index < -0.39 is 0 Å². The number of nitrogens with zero attached hydrogens (tertiary/aromatic N) is 1. The first kappa shape index (κ1) is 16.3. The molecular weight excluding hydrogens is 348 g/mol. The molecule has 0 saturated carbocycles. The highest BCUT2D eigenvalue weighted by Crippen LogP contribution is 2.10. The van der Waals surface area contributed by atoms with Crippen molar-refractivity contribution in [2.75, 3.05) is 13.6 Å². The van der Waals surface area contributed by atoms with E-state index in [9.17, 15) is 9.59 Å². The quantitative estimate of drug-likeness (QED) is 0.856. The van der Waals surface area contributed by atoms with E-state index >= 15 is 0 Å². The van der Waals surface area contributed by atoms with E-state index in [1.54, 1.807) is 48.5 Å². The topological polar surface area (TPSA) is 62.6 Å². The highest BCUT2D eigenvalue weighted by Gasteiger charge is 2.11. The second-order valence-corrected chi connectivity index (χ2v) is 5.76. The number of nitrogens with one attached hydrogen (secondary N) is 1. The number of hydrogen-bond donors (Lipinski definition) is 1. The molecule has 1 heterocycles. The minimum absolute atomic E-state index is 0.0486. The van der Waals surface area contributed by atoms with Crippen molar-refractivity contribution in [1.29, 1.82) is 0 Å². The van der Waals surface area contributed by atoms with E-state index in [-0.39, 0.29) is 18.2 Å². The highest BCUT2D eigenvalue weighted by atomic mass is 79.9. The molecule has 1 aromatic carbocycles. The molecule has 0 aliphatic carbocycles. The van der Waals surface area contributed by atoms with E-state index in [1.165, 1.54) is 0 Å². The summed E-state index contributed by atoms with van der Waals surface area (Å²) in [6, 6.07) is 10.7. The van der Waals surface area contributed by atoms with Gasteiger partial charge in [-0.15, -0.1) is 0 Å². The summed E-state index contributed by atoms with van der Waals surface area (Å²) in [5, 5.41) is 2.74. The van der Waals surface area contributed by atoms with E-state index in [1.807, 2.05) is 6.07 Å². The first-order valence-corrected chi connectivity index (χ1v) is 7.65. The molecular formula is C16H17BrN2O3. The second kappa shape index (κ2) is 7.79. The Balaban J connectivity index is 1.74. The van der Waals surface area contributed by atoms with Gasteiger partial charge in [-0.05, 0) is 36.4 Å². The average molecular weight is 365 g/mol.